The fraction of sp³-hybridized carbons (Fsp3) is 0.462. The Bertz CT molecular complexity index is 363. The summed E-state index contributed by atoms with van der Waals surface area (Å²) >= 11 is 1.68. The molecule has 88 valence electrons. The lowest BCUT2D eigenvalue weighted by Crippen LogP contribution is -2.29. The smallest absolute Gasteiger partial charge is 0.164 e. The van der Waals surface area contributed by atoms with E-state index in [1.54, 1.807) is 18.0 Å². The van der Waals surface area contributed by atoms with Gasteiger partial charge in [0.25, 0.3) is 0 Å². The molecule has 0 fully saturated rings. The molecular formula is C13H19NOS. The van der Waals surface area contributed by atoms with Crippen LogP contribution in [-0.4, -0.2) is 22.2 Å². The summed E-state index contributed by atoms with van der Waals surface area (Å²) in [5.74, 6) is 0.712. The van der Waals surface area contributed by atoms with Gasteiger partial charge in [0.2, 0.25) is 0 Å². The fourth-order valence-corrected chi connectivity index (χ4v) is 1.84. The van der Waals surface area contributed by atoms with Gasteiger partial charge in [-0.05, 0) is 19.1 Å². The largest absolute Gasteiger partial charge is 0.624 e. The van der Waals surface area contributed by atoms with Crippen LogP contribution in [0.2, 0.25) is 0 Å². The van der Waals surface area contributed by atoms with E-state index in [0.29, 0.717) is 5.75 Å². The Morgan fingerprint density at radius 1 is 1.25 bits per heavy atom. The lowest BCUT2D eigenvalue weighted by Gasteiger charge is -2.18. The summed E-state index contributed by atoms with van der Waals surface area (Å²) < 4.78 is 1.02. The zero-order valence-corrected chi connectivity index (χ0v) is 11.2. The molecule has 0 N–H and O–H groups in total. The Morgan fingerprint density at radius 2 is 1.81 bits per heavy atom. The third kappa shape index (κ3) is 4.27. The quantitative estimate of drug-likeness (QED) is 0.264. The molecule has 3 heteroatoms. The second kappa shape index (κ2) is 5.39. The number of thioether (sulfide) groups is 1. The second-order valence-corrected chi connectivity index (χ2v) is 5.90. The molecule has 0 amide bonds. The van der Waals surface area contributed by atoms with Gasteiger partial charge in [-0.1, -0.05) is 17.7 Å². The zero-order valence-electron chi connectivity index (χ0n) is 10.4. The summed E-state index contributed by atoms with van der Waals surface area (Å²) in [6.45, 7) is 7.80. The van der Waals surface area contributed by atoms with Crippen molar-refractivity contribution in [1.82, 2.24) is 0 Å². The number of hydroxylamine groups is 1. The number of hydrogen-bond acceptors (Lipinski definition) is 2. The predicted octanol–water partition coefficient (Wildman–Crippen LogP) is 3.47. The molecule has 0 unspecified atom stereocenters. The fourth-order valence-electron chi connectivity index (χ4n) is 1.11. The van der Waals surface area contributed by atoms with Crippen molar-refractivity contribution >= 4 is 18.0 Å². The van der Waals surface area contributed by atoms with Gasteiger partial charge in [0.05, 0.1) is 5.75 Å². The maximum Gasteiger partial charge on any atom is 0.164 e. The van der Waals surface area contributed by atoms with Gasteiger partial charge in [-0.15, -0.1) is 11.8 Å². The summed E-state index contributed by atoms with van der Waals surface area (Å²) in [5.41, 5.74) is 0.918. The number of rotatable bonds is 3. The molecule has 0 saturated heterocycles. The van der Waals surface area contributed by atoms with Crippen molar-refractivity contribution in [3.8, 4) is 0 Å². The maximum atomic E-state index is 11.6. The van der Waals surface area contributed by atoms with Gasteiger partial charge >= 0.3 is 0 Å². The summed E-state index contributed by atoms with van der Waals surface area (Å²) in [5, 5.41) is 11.6. The second-order valence-electron chi connectivity index (χ2n) is 4.80. The molecule has 1 aromatic rings. The molecule has 0 aliphatic heterocycles. The molecule has 0 heterocycles. The van der Waals surface area contributed by atoms with E-state index < -0.39 is 0 Å². The highest BCUT2D eigenvalue weighted by atomic mass is 32.2. The van der Waals surface area contributed by atoms with E-state index in [0.717, 1.165) is 4.74 Å². The van der Waals surface area contributed by atoms with E-state index in [-0.39, 0.29) is 5.54 Å². The van der Waals surface area contributed by atoms with Crippen molar-refractivity contribution in [2.45, 2.75) is 38.1 Å². The van der Waals surface area contributed by atoms with Crippen LogP contribution < -0.4 is 0 Å². The minimum Gasteiger partial charge on any atom is -0.624 e. The molecule has 1 aromatic carbocycles. The highest BCUT2D eigenvalue weighted by Crippen LogP contribution is 2.17. The Kier molecular flexibility index (Phi) is 4.42. The third-order valence-corrected chi connectivity index (χ3v) is 3.09. The van der Waals surface area contributed by atoms with Crippen molar-refractivity contribution in [1.29, 1.82) is 0 Å². The lowest BCUT2D eigenvalue weighted by molar-refractivity contribution is -0.531. The molecule has 2 nitrogen and oxygen atoms in total. The van der Waals surface area contributed by atoms with Crippen molar-refractivity contribution in [2.24, 2.45) is 0 Å². The van der Waals surface area contributed by atoms with Crippen molar-refractivity contribution in [3.05, 3.63) is 35.0 Å². The normalized spacial score (nSPS) is 12.9. The first-order valence-electron chi connectivity index (χ1n) is 5.39. The van der Waals surface area contributed by atoms with Crippen LogP contribution in [0.25, 0.3) is 0 Å². The molecule has 16 heavy (non-hydrogen) atoms. The van der Waals surface area contributed by atoms with E-state index in [1.165, 1.54) is 10.5 Å². The maximum absolute atomic E-state index is 11.6. The Labute approximate surface area is 102 Å². The SMILES string of the molecule is Cc1ccc(SC/C=[N+](\[O-])C(C)(C)C)cc1. The summed E-state index contributed by atoms with van der Waals surface area (Å²) in [4.78, 5) is 1.20. The molecule has 0 aliphatic rings. The van der Waals surface area contributed by atoms with Crippen molar-refractivity contribution in [2.75, 3.05) is 5.75 Å². The Balaban J connectivity index is 2.50. The van der Waals surface area contributed by atoms with Crippen LogP contribution >= 0.6 is 11.8 Å². The number of nitrogens with zero attached hydrogens (tertiary/aromatic N) is 1. The topological polar surface area (TPSA) is 26.1 Å². The van der Waals surface area contributed by atoms with Crippen LogP contribution in [0.4, 0.5) is 0 Å². The summed E-state index contributed by atoms with van der Waals surface area (Å²) in [6.07, 6.45) is 1.70. The van der Waals surface area contributed by atoms with Crippen LogP contribution in [0.15, 0.2) is 29.2 Å². The molecule has 0 saturated carbocycles. The van der Waals surface area contributed by atoms with E-state index >= 15 is 0 Å². The summed E-state index contributed by atoms with van der Waals surface area (Å²) in [7, 11) is 0. The Hall–Kier alpha value is -0.960. The van der Waals surface area contributed by atoms with Crippen molar-refractivity contribution in [3.63, 3.8) is 0 Å². The van der Waals surface area contributed by atoms with E-state index in [9.17, 15) is 5.21 Å². The summed E-state index contributed by atoms with van der Waals surface area (Å²) in [6, 6.07) is 8.34. The van der Waals surface area contributed by atoms with Crippen LogP contribution in [0.1, 0.15) is 26.3 Å². The molecular weight excluding hydrogens is 218 g/mol. The molecule has 1 rings (SSSR count). The minimum absolute atomic E-state index is 0.339. The van der Waals surface area contributed by atoms with Gasteiger partial charge in [0.1, 0.15) is 0 Å². The highest BCUT2D eigenvalue weighted by molar-refractivity contribution is 7.99. The van der Waals surface area contributed by atoms with Crippen LogP contribution in [-0.2, 0) is 0 Å². The van der Waals surface area contributed by atoms with Crippen LogP contribution in [0.5, 0.6) is 0 Å². The first-order valence-corrected chi connectivity index (χ1v) is 6.37. The van der Waals surface area contributed by atoms with Crippen LogP contribution in [0, 0.1) is 12.1 Å². The first-order chi connectivity index (χ1) is 7.39. The predicted molar refractivity (Wildman–Crippen MR) is 71.3 cm³/mol. The lowest BCUT2D eigenvalue weighted by atomic mass is 10.1. The number of hydrogen-bond donors (Lipinski definition) is 0. The first kappa shape index (κ1) is 13.1. The Morgan fingerprint density at radius 3 is 2.31 bits per heavy atom. The van der Waals surface area contributed by atoms with Crippen LogP contribution in [0.3, 0.4) is 0 Å². The van der Waals surface area contributed by atoms with Gasteiger partial charge < -0.3 is 5.21 Å². The van der Waals surface area contributed by atoms with Gasteiger partial charge in [-0.3, -0.25) is 0 Å². The molecule has 0 radical (unpaired) electrons. The number of aryl methyl sites for hydroxylation is 1. The molecule has 0 atom stereocenters. The van der Waals surface area contributed by atoms with E-state index in [1.807, 2.05) is 20.8 Å². The molecule has 0 aromatic heterocycles. The van der Waals surface area contributed by atoms with Crippen molar-refractivity contribution < 1.29 is 4.74 Å². The average molecular weight is 237 g/mol. The highest BCUT2D eigenvalue weighted by Gasteiger charge is 2.17. The zero-order chi connectivity index (χ0) is 12.2. The monoisotopic (exact) mass is 237 g/mol. The van der Waals surface area contributed by atoms with Gasteiger partial charge in [-0.2, -0.15) is 0 Å². The molecule has 0 bridgehead atoms. The van der Waals surface area contributed by atoms with E-state index in [4.69, 9.17) is 0 Å². The minimum atomic E-state index is -0.339. The molecule has 0 aliphatic carbocycles. The standard InChI is InChI=1S/C13H19NOS/c1-11-5-7-12(8-6-11)16-10-9-14(15)13(2,3)4/h5-9H,10H2,1-4H3/b14-9-. The van der Waals surface area contributed by atoms with Gasteiger partial charge in [0, 0.05) is 25.7 Å². The van der Waals surface area contributed by atoms with Gasteiger partial charge in [0.15, 0.2) is 11.8 Å². The van der Waals surface area contributed by atoms with Gasteiger partial charge in [-0.25, -0.2) is 4.74 Å². The number of benzene rings is 1. The third-order valence-electron chi connectivity index (χ3n) is 2.17. The molecule has 0 spiro atoms. The van der Waals surface area contributed by atoms with E-state index in [2.05, 4.69) is 31.2 Å². The average Bonchev–Trinajstić information content (AvgIpc) is 2.19.